The summed E-state index contributed by atoms with van der Waals surface area (Å²) in [4.78, 5) is 0. The van der Waals surface area contributed by atoms with E-state index in [1.54, 1.807) is 10.9 Å². The van der Waals surface area contributed by atoms with Crippen molar-refractivity contribution in [3.05, 3.63) is 42.2 Å². The summed E-state index contributed by atoms with van der Waals surface area (Å²) < 4.78 is 39.2. The molecule has 0 saturated heterocycles. The number of nitrogens with zero attached hydrogens (tertiary/aromatic N) is 2. The average Bonchev–Trinajstić information content (AvgIpc) is 2.75. The number of hydrogen-bond acceptors (Lipinski definition) is 1. The van der Waals surface area contributed by atoms with E-state index in [9.17, 15) is 13.2 Å². The molecule has 0 aliphatic carbocycles. The summed E-state index contributed by atoms with van der Waals surface area (Å²) in [7, 11) is 0. The van der Waals surface area contributed by atoms with Crippen molar-refractivity contribution in [2.75, 3.05) is 0 Å². The van der Waals surface area contributed by atoms with Crippen LogP contribution in [0.2, 0.25) is 0 Å². The van der Waals surface area contributed by atoms with E-state index in [0.29, 0.717) is 5.92 Å². The lowest BCUT2D eigenvalue weighted by Crippen LogP contribution is -2.04. The van der Waals surface area contributed by atoms with E-state index in [-0.39, 0.29) is 0 Å². The fourth-order valence-electron chi connectivity index (χ4n) is 1.84. The second-order valence-corrected chi connectivity index (χ2v) is 4.92. The van der Waals surface area contributed by atoms with Gasteiger partial charge in [-0.3, -0.25) is 4.68 Å². The molecule has 0 radical (unpaired) electrons. The zero-order valence-electron chi connectivity index (χ0n) is 10.8. The highest BCUT2D eigenvalue weighted by molar-refractivity contribution is 5.62. The molecule has 0 unspecified atom stereocenters. The second-order valence-electron chi connectivity index (χ2n) is 4.92. The molecule has 0 bridgehead atoms. The maximum Gasteiger partial charge on any atom is 0.416 e. The zero-order chi connectivity index (χ0) is 14.0. The number of aromatic nitrogens is 2. The highest BCUT2D eigenvalue weighted by Gasteiger charge is 2.29. The summed E-state index contributed by atoms with van der Waals surface area (Å²) >= 11 is 0. The van der Waals surface area contributed by atoms with Crippen LogP contribution in [0.3, 0.4) is 0 Å². The molecule has 0 spiro atoms. The molecule has 1 aromatic heterocycles. The Hall–Kier alpha value is -1.78. The van der Waals surface area contributed by atoms with E-state index in [1.807, 2.05) is 6.20 Å². The molecule has 1 aromatic carbocycles. The Labute approximate surface area is 109 Å². The van der Waals surface area contributed by atoms with Gasteiger partial charge in [0.25, 0.3) is 0 Å². The van der Waals surface area contributed by atoms with Crippen LogP contribution in [0.25, 0.3) is 11.1 Å². The molecule has 102 valence electrons. The van der Waals surface area contributed by atoms with Crippen LogP contribution < -0.4 is 0 Å². The lowest BCUT2D eigenvalue weighted by atomic mass is 10.1. The van der Waals surface area contributed by atoms with Crippen molar-refractivity contribution >= 4 is 0 Å². The van der Waals surface area contributed by atoms with Gasteiger partial charge in [0, 0.05) is 18.3 Å². The standard InChI is InChI=1S/C14H15F3N2/c1-10(2)8-19-9-12(7-18-19)11-3-5-13(6-4-11)14(15,16)17/h3-7,9-10H,8H2,1-2H3. The molecule has 19 heavy (non-hydrogen) atoms. The van der Waals surface area contributed by atoms with Crippen molar-refractivity contribution in [1.29, 1.82) is 0 Å². The Morgan fingerprint density at radius 1 is 1.11 bits per heavy atom. The lowest BCUT2D eigenvalue weighted by Gasteiger charge is -2.06. The second kappa shape index (κ2) is 5.07. The van der Waals surface area contributed by atoms with Crippen molar-refractivity contribution in [3.8, 4) is 11.1 Å². The van der Waals surface area contributed by atoms with Crippen LogP contribution in [-0.2, 0) is 12.7 Å². The molecule has 0 aliphatic heterocycles. The molecule has 0 fully saturated rings. The molecule has 1 heterocycles. The summed E-state index contributed by atoms with van der Waals surface area (Å²) in [5, 5.41) is 4.20. The minimum atomic E-state index is -4.29. The van der Waals surface area contributed by atoms with Crippen LogP contribution in [0, 0.1) is 5.92 Å². The van der Waals surface area contributed by atoms with E-state index in [2.05, 4.69) is 18.9 Å². The van der Waals surface area contributed by atoms with Gasteiger partial charge in [-0.25, -0.2) is 0 Å². The van der Waals surface area contributed by atoms with Gasteiger partial charge < -0.3 is 0 Å². The predicted octanol–water partition coefficient (Wildman–Crippen LogP) is 4.22. The minimum absolute atomic E-state index is 0.473. The maximum atomic E-state index is 12.5. The highest BCUT2D eigenvalue weighted by atomic mass is 19.4. The fraction of sp³-hybridized carbons (Fsp3) is 0.357. The van der Waals surface area contributed by atoms with Gasteiger partial charge in [0.15, 0.2) is 0 Å². The van der Waals surface area contributed by atoms with Crippen LogP contribution in [-0.4, -0.2) is 9.78 Å². The van der Waals surface area contributed by atoms with Crippen LogP contribution in [0.4, 0.5) is 13.2 Å². The third-order valence-corrected chi connectivity index (χ3v) is 2.73. The molecule has 2 rings (SSSR count). The third kappa shape index (κ3) is 3.36. The number of benzene rings is 1. The van der Waals surface area contributed by atoms with E-state index in [1.165, 1.54) is 12.1 Å². The molecule has 0 amide bonds. The monoisotopic (exact) mass is 268 g/mol. The first kappa shape index (κ1) is 13.6. The number of rotatable bonds is 3. The molecule has 5 heteroatoms. The first-order chi connectivity index (χ1) is 8.86. The number of hydrogen-bond donors (Lipinski definition) is 0. The molecule has 0 atom stereocenters. The van der Waals surface area contributed by atoms with E-state index in [4.69, 9.17) is 0 Å². The Balaban J connectivity index is 2.20. The summed E-state index contributed by atoms with van der Waals surface area (Å²) in [5.74, 6) is 0.473. The third-order valence-electron chi connectivity index (χ3n) is 2.73. The Kier molecular flexibility index (Phi) is 3.64. The van der Waals surface area contributed by atoms with Crippen molar-refractivity contribution < 1.29 is 13.2 Å². The normalized spacial score (nSPS) is 12.1. The molecule has 0 aliphatic rings. The van der Waals surface area contributed by atoms with Gasteiger partial charge in [-0.05, 0) is 23.6 Å². The van der Waals surface area contributed by atoms with Crippen molar-refractivity contribution in [2.45, 2.75) is 26.6 Å². The molecular weight excluding hydrogens is 253 g/mol. The first-order valence-corrected chi connectivity index (χ1v) is 6.06. The van der Waals surface area contributed by atoms with E-state index < -0.39 is 11.7 Å². The largest absolute Gasteiger partial charge is 0.416 e. The maximum absolute atomic E-state index is 12.5. The van der Waals surface area contributed by atoms with Crippen molar-refractivity contribution in [1.82, 2.24) is 9.78 Å². The Morgan fingerprint density at radius 3 is 2.26 bits per heavy atom. The lowest BCUT2D eigenvalue weighted by molar-refractivity contribution is -0.137. The number of alkyl halides is 3. The Morgan fingerprint density at radius 2 is 1.74 bits per heavy atom. The van der Waals surface area contributed by atoms with Crippen LogP contribution >= 0.6 is 0 Å². The fourth-order valence-corrected chi connectivity index (χ4v) is 1.84. The first-order valence-electron chi connectivity index (χ1n) is 6.06. The van der Waals surface area contributed by atoms with Gasteiger partial charge in [0.2, 0.25) is 0 Å². The predicted molar refractivity (Wildman–Crippen MR) is 67.5 cm³/mol. The zero-order valence-corrected chi connectivity index (χ0v) is 10.8. The van der Waals surface area contributed by atoms with Gasteiger partial charge in [-0.2, -0.15) is 18.3 Å². The molecule has 0 saturated carbocycles. The van der Waals surface area contributed by atoms with Crippen molar-refractivity contribution in [3.63, 3.8) is 0 Å². The SMILES string of the molecule is CC(C)Cn1cc(-c2ccc(C(F)(F)F)cc2)cn1. The average molecular weight is 268 g/mol. The minimum Gasteiger partial charge on any atom is -0.272 e. The van der Waals surface area contributed by atoms with Crippen molar-refractivity contribution in [2.24, 2.45) is 5.92 Å². The summed E-state index contributed by atoms with van der Waals surface area (Å²) in [6, 6.07) is 5.13. The smallest absolute Gasteiger partial charge is 0.272 e. The van der Waals surface area contributed by atoms with Gasteiger partial charge in [0.1, 0.15) is 0 Å². The van der Waals surface area contributed by atoms with Crippen LogP contribution in [0.15, 0.2) is 36.7 Å². The van der Waals surface area contributed by atoms with Crippen LogP contribution in [0.5, 0.6) is 0 Å². The summed E-state index contributed by atoms with van der Waals surface area (Å²) in [5.41, 5.74) is 0.934. The van der Waals surface area contributed by atoms with E-state index in [0.717, 1.165) is 29.8 Å². The molecule has 2 aromatic rings. The highest BCUT2D eigenvalue weighted by Crippen LogP contribution is 2.30. The topological polar surface area (TPSA) is 17.8 Å². The van der Waals surface area contributed by atoms with Gasteiger partial charge in [-0.1, -0.05) is 26.0 Å². The molecule has 2 nitrogen and oxygen atoms in total. The number of halogens is 3. The Bertz CT molecular complexity index is 539. The summed E-state index contributed by atoms with van der Waals surface area (Å²) in [6.45, 7) is 4.96. The molecule has 0 N–H and O–H groups in total. The van der Waals surface area contributed by atoms with Gasteiger partial charge in [0.05, 0.1) is 11.8 Å². The van der Waals surface area contributed by atoms with Crippen LogP contribution in [0.1, 0.15) is 19.4 Å². The van der Waals surface area contributed by atoms with Gasteiger partial charge in [-0.15, -0.1) is 0 Å². The summed E-state index contributed by atoms with van der Waals surface area (Å²) in [6.07, 6.45) is -0.770. The quantitative estimate of drug-likeness (QED) is 0.814. The molecular formula is C14H15F3N2. The van der Waals surface area contributed by atoms with E-state index >= 15 is 0 Å². The van der Waals surface area contributed by atoms with Gasteiger partial charge >= 0.3 is 6.18 Å².